The van der Waals surface area contributed by atoms with Crippen molar-refractivity contribution < 1.29 is 14.7 Å². The SMILES string of the molecule is C=NN(N=C)c1ccccc1C(=O)N1CCCC(C(=O)O)C1. The Balaban J connectivity index is 2.28. The van der Waals surface area contributed by atoms with Crippen LogP contribution in [0, 0.1) is 5.92 Å². The number of carboxylic acid groups (broad SMARTS) is 1. The first-order valence-electron chi connectivity index (χ1n) is 6.93. The number of hydrogen-bond acceptors (Lipinski definition) is 5. The van der Waals surface area contributed by atoms with E-state index < -0.39 is 11.9 Å². The van der Waals surface area contributed by atoms with Gasteiger partial charge in [0.2, 0.25) is 0 Å². The Morgan fingerprint density at radius 1 is 1.27 bits per heavy atom. The Labute approximate surface area is 128 Å². The first-order valence-corrected chi connectivity index (χ1v) is 6.93. The van der Waals surface area contributed by atoms with Crippen LogP contribution in [0.2, 0.25) is 0 Å². The van der Waals surface area contributed by atoms with Gasteiger partial charge in [-0.3, -0.25) is 9.59 Å². The molecular formula is C15H18N4O3. The fourth-order valence-electron chi connectivity index (χ4n) is 2.56. The monoisotopic (exact) mass is 302 g/mol. The van der Waals surface area contributed by atoms with Crippen LogP contribution in [-0.2, 0) is 4.79 Å². The summed E-state index contributed by atoms with van der Waals surface area (Å²) in [6, 6.07) is 6.84. The summed E-state index contributed by atoms with van der Waals surface area (Å²) in [6.07, 6.45) is 1.27. The lowest BCUT2D eigenvalue weighted by Crippen LogP contribution is -2.42. The fourth-order valence-corrected chi connectivity index (χ4v) is 2.56. The third kappa shape index (κ3) is 3.13. The molecule has 2 rings (SSSR count). The Morgan fingerprint density at radius 3 is 2.59 bits per heavy atom. The van der Waals surface area contributed by atoms with Gasteiger partial charge in [0.25, 0.3) is 5.91 Å². The zero-order chi connectivity index (χ0) is 16.1. The van der Waals surface area contributed by atoms with Crippen molar-refractivity contribution in [3.63, 3.8) is 0 Å². The number of carbonyl (C=O) groups is 2. The molecule has 0 aliphatic carbocycles. The van der Waals surface area contributed by atoms with E-state index in [-0.39, 0.29) is 12.5 Å². The van der Waals surface area contributed by atoms with E-state index >= 15 is 0 Å². The van der Waals surface area contributed by atoms with Crippen LogP contribution in [0.5, 0.6) is 0 Å². The van der Waals surface area contributed by atoms with E-state index in [0.29, 0.717) is 30.6 Å². The van der Waals surface area contributed by atoms with Crippen molar-refractivity contribution in [2.24, 2.45) is 16.1 Å². The van der Waals surface area contributed by atoms with Crippen molar-refractivity contribution in [1.82, 2.24) is 4.90 Å². The highest BCUT2D eigenvalue weighted by Crippen LogP contribution is 2.25. The lowest BCUT2D eigenvalue weighted by atomic mass is 9.97. The second kappa shape index (κ2) is 6.84. The van der Waals surface area contributed by atoms with Crippen LogP contribution in [0.25, 0.3) is 0 Å². The molecular weight excluding hydrogens is 284 g/mol. The van der Waals surface area contributed by atoms with Crippen LogP contribution < -0.4 is 5.12 Å². The number of carboxylic acids is 1. The average Bonchev–Trinajstić information content (AvgIpc) is 2.56. The number of aliphatic carboxylic acids is 1. The van der Waals surface area contributed by atoms with Crippen LogP contribution in [0.1, 0.15) is 23.2 Å². The Hall–Kier alpha value is -2.70. The smallest absolute Gasteiger partial charge is 0.308 e. The van der Waals surface area contributed by atoms with Crippen molar-refractivity contribution in [2.75, 3.05) is 18.2 Å². The van der Waals surface area contributed by atoms with Gasteiger partial charge in [-0.2, -0.15) is 15.3 Å². The lowest BCUT2D eigenvalue weighted by Gasteiger charge is -2.31. The molecule has 0 saturated carbocycles. The van der Waals surface area contributed by atoms with Crippen molar-refractivity contribution in [3.8, 4) is 0 Å². The number of amides is 1. The minimum atomic E-state index is -0.868. The van der Waals surface area contributed by atoms with Crippen molar-refractivity contribution in [2.45, 2.75) is 12.8 Å². The molecule has 1 atom stereocenters. The number of piperidine rings is 1. The fraction of sp³-hybridized carbons (Fsp3) is 0.333. The largest absolute Gasteiger partial charge is 0.481 e. The van der Waals surface area contributed by atoms with E-state index in [2.05, 4.69) is 23.6 Å². The Morgan fingerprint density at radius 2 is 1.95 bits per heavy atom. The summed E-state index contributed by atoms with van der Waals surface area (Å²) in [4.78, 5) is 25.4. The predicted molar refractivity (Wildman–Crippen MR) is 84.3 cm³/mol. The summed E-state index contributed by atoms with van der Waals surface area (Å²) in [6.45, 7) is 7.55. The normalized spacial score (nSPS) is 17.6. The highest BCUT2D eigenvalue weighted by molar-refractivity contribution is 6.00. The van der Waals surface area contributed by atoms with Crippen molar-refractivity contribution in [1.29, 1.82) is 0 Å². The molecule has 0 bridgehead atoms. The van der Waals surface area contributed by atoms with E-state index in [1.807, 2.05) is 0 Å². The van der Waals surface area contributed by atoms with E-state index in [0.717, 1.165) is 0 Å². The van der Waals surface area contributed by atoms with E-state index in [4.69, 9.17) is 5.11 Å². The van der Waals surface area contributed by atoms with Gasteiger partial charge in [0, 0.05) is 26.5 Å². The van der Waals surface area contributed by atoms with Gasteiger partial charge < -0.3 is 10.0 Å². The number of benzene rings is 1. The van der Waals surface area contributed by atoms with Gasteiger partial charge in [-0.25, -0.2) is 0 Å². The standard InChI is InChI=1S/C15H18N4O3/c1-16-19(17-2)13-8-4-3-7-12(13)14(20)18-9-5-6-11(10-18)15(21)22/h3-4,7-8,11H,1-2,5-6,9-10H2,(H,21,22). The van der Waals surface area contributed by atoms with E-state index in [9.17, 15) is 9.59 Å². The van der Waals surface area contributed by atoms with E-state index in [1.54, 1.807) is 29.2 Å². The second-order valence-corrected chi connectivity index (χ2v) is 5.02. The number of likely N-dealkylation sites (tertiary alicyclic amines) is 1. The lowest BCUT2D eigenvalue weighted by molar-refractivity contribution is -0.143. The van der Waals surface area contributed by atoms with Gasteiger partial charge in [-0.15, -0.1) is 0 Å². The molecule has 116 valence electrons. The third-order valence-corrected chi connectivity index (χ3v) is 3.68. The zero-order valence-electron chi connectivity index (χ0n) is 12.2. The molecule has 1 aromatic carbocycles. The van der Waals surface area contributed by atoms with Gasteiger partial charge in [0.1, 0.15) is 0 Å². The van der Waals surface area contributed by atoms with Crippen molar-refractivity contribution >= 4 is 31.0 Å². The summed E-state index contributed by atoms with van der Waals surface area (Å²) < 4.78 is 0. The molecule has 7 heteroatoms. The highest BCUT2D eigenvalue weighted by Gasteiger charge is 2.30. The number of carbonyl (C=O) groups excluding carboxylic acids is 1. The molecule has 1 heterocycles. The molecule has 1 aliphatic heterocycles. The minimum Gasteiger partial charge on any atom is -0.481 e. The molecule has 1 N–H and O–H groups in total. The first-order chi connectivity index (χ1) is 10.6. The van der Waals surface area contributed by atoms with Gasteiger partial charge in [-0.1, -0.05) is 12.1 Å². The van der Waals surface area contributed by atoms with Crippen molar-refractivity contribution in [3.05, 3.63) is 29.8 Å². The van der Waals surface area contributed by atoms with Crippen LogP contribution in [-0.4, -0.2) is 48.4 Å². The maximum absolute atomic E-state index is 12.7. The number of hydrazone groups is 2. The zero-order valence-corrected chi connectivity index (χ0v) is 12.2. The number of hydrogen-bond donors (Lipinski definition) is 1. The summed E-state index contributed by atoms with van der Waals surface area (Å²) in [5.74, 6) is -1.62. The Bertz CT molecular complexity index is 594. The molecule has 1 amide bonds. The van der Waals surface area contributed by atoms with Gasteiger partial charge >= 0.3 is 5.97 Å². The third-order valence-electron chi connectivity index (χ3n) is 3.68. The van der Waals surface area contributed by atoms with Gasteiger partial charge in [0.05, 0.1) is 17.2 Å². The number of para-hydroxylation sites is 1. The molecule has 1 fully saturated rings. The number of nitrogens with zero attached hydrogens (tertiary/aromatic N) is 4. The Kier molecular flexibility index (Phi) is 4.88. The maximum atomic E-state index is 12.7. The molecule has 1 unspecified atom stereocenters. The molecule has 0 radical (unpaired) electrons. The van der Waals surface area contributed by atoms with Crippen LogP contribution in [0.15, 0.2) is 34.5 Å². The minimum absolute atomic E-state index is 0.214. The summed E-state index contributed by atoms with van der Waals surface area (Å²) in [5.41, 5.74) is 0.864. The summed E-state index contributed by atoms with van der Waals surface area (Å²) in [7, 11) is 0. The van der Waals surface area contributed by atoms with Crippen LogP contribution in [0.4, 0.5) is 5.69 Å². The van der Waals surface area contributed by atoms with E-state index in [1.165, 1.54) is 5.12 Å². The number of rotatable bonds is 5. The average molecular weight is 302 g/mol. The molecule has 1 aliphatic rings. The quantitative estimate of drug-likeness (QED) is 0.662. The molecule has 22 heavy (non-hydrogen) atoms. The predicted octanol–water partition coefficient (Wildman–Crippen LogP) is 1.66. The highest BCUT2D eigenvalue weighted by atomic mass is 16.4. The summed E-state index contributed by atoms with van der Waals surface area (Å²) in [5, 5.41) is 17.7. The molecule has 0 aromatic heterocycles. The topological polar surface area (TPSA) is 85.6 Å². The molecule has 0 spiro atoms. The van der Waals surface area contributed by atoms with Gasteiger partial charge in [-0.05, 0) is 25.0 Å². The second-order valence-electron chi connectivity index (χ2n) is 5.02. The molecule has 1 saturated heterocycles. The molecule has 1 aromatic rings. The van der Waals surface area contributed by atoms with Gasteiger partial charge in [0.15, 0.2) is 0 Å². The first kappa shape index (κ1) is 15.7. The van der Waals surface area contributed by atoms with Crippen LogP contribution in [0.3, 0.4) is 0 Å². The molecule has 7 nitrogen and oxygen atoms in total. The maximum Gasteiger partial charge on any atom is 0.308 e. The number of anilines is 1. The summed E-state index contributed by atoms with van der Waals surface area (Å²) >= 11 is 0. The van der Waals surface area contributed by atoms with Crippen LogP contribution >= 0.6 is 0 Å².